The number of halogens is 1. The molecule has 0 radical (unpaired) electrons. The maximum Gasteiger partial charge on any atom is 0.303 e. The number of carbonyl (C=O) groups is 1. The van der Waals surface area contributed by atoms with Crippen LogP contribution < -0.4 is 4.74 Å². The van der Waals surface area contributed by atoms with E-state index in [0.717, 1.165) is 22.8 Å². The molecular weight excluding hydrogens is 324 g/mol. The van der Waals surface area contributed by atoms with Crippen molar-refractivity contribution in [3.8, 4) is 17.1 Å². The van der Waals surface area contributed by atoms with Gasteiger partial charge in [0.2, 0.25) is 0 Å². The first-order valence-electron chi connectivity index (χ1n) is 6.10. The summed E-state index contributed by atoms with van der Waals surface area (Å²) in [5.74, 6) is 0.761. The van der Waals surface area contributed by atoms with Crippen molar-refractivity contribution in [1.29, 1.82) is 0 Å². The van der Waals surface area contributed by atoms with E-state index in [1.807, 2.05) is 35.9 Å². The highest BCUT2D eigenvalue weighted by molar-refractivity contribution is 9.10. The summed E-state index contributed by atoms with van der Waals surface area (Å²) in [5, 5.41) is 8.78. The summed E-state index contributed by atoms with van der Waals surface area (Å²) in [7, 11) is 3.50. The molecule has 0 amide bonds. The number of carboxylic acid groups (broad SMARTS) is 1. The molecule has 0 saturated carbocycles. The zero-order valence-corrected chi connectivity index (χ0v) is 12.8. The number of nitrogens with zero attached hydrogens (tertiary/aromatic N) is 2. The number of rotatable bonds is 5. The highest BCUT2D eigenvalue weighted by Gasteiger charge is 2.15. The van der Waals surface area contributed by atoms with Crippen LogP contribution in [0.3, 0.4) is 0 Å². The first kappa shape index (κ1) is 14.6. The van der Waals surface area contributed by atoms with E-state index in [1.165, 1.54) is 0 Å². The largest absolute Gasteiger partial charge is 0.497 e. The average molecular weight is 339 g/mol. The Labute approximate surface area is 125 Å². The molecule has 2 rings (SSSR count). The average Bonchev–Trinajstić information content (AvgIpc) is 2.72. The Morgan fingerprint density at radius 2 is 2.05 bits per heavy atom. The smallest absolute Gasteiger partial charge is 0.303 e. The summed E-state index contributed by atoms with van der Waals surface area (Å²) in [6.07, 6.45) is 0.524. The van der Waals surface area contributed by atoms with Crippen LogP contribution in [-0.4, -0.2) is 27.7 Å². The van der Waals surface area contributed by atoms with Crippen molar-refractivity contribution < 1.29 is 14.6 Å². The normalized spacial score (nSPS) is 10.6. The van der Waals surface area contributed by atoms with E-state index >= 15 is 0 Å². The predicted octanol–water partition coefficient (Wildman–Crippen LogP) is 2.88. The van der Waals surface area contributed by atoms with Gasteiger partial charge in [-0.15, -0.1) is 0 Å². The first-order valence-corrected chi connectivity index (χ1v) is 6.89. The zero-order chi connectivity index (χ0) is 14.7. The second-order valence-corrected chi connectivity index (χ2v) is 5.11. The molecule has 0 aliphatic carbocycles. The van der Waals surface area contributed by atoms with E-state index in [9.17, 15) is 4.79 Å². The Bertz CT molecular complexity index is 620. The van der Waals surface area contributed by atoms with Crippen LogP contribution >= 0.6 is 15.9 Å². The molecule has 106 valence electrons. The molecule has 2 aromatic rings. The molecule has 1 N–H and O–H groups in total. The maximum absolute atomic E-state index is 10.7. The molecule has 1 heterocycles. The lowest BCUT2D eigenvalue weighted by atomic mass is 10.2. The highest BCUT2D eigenvalue weighted by atomic mass is 79.9. The van der Waals surface area contributed by atoms with Crippen LogP contribution in [0.15, 0.2) is 28.9 Å². The number of hydrogen-bond donors (Lipinski definition) is 1. The minimum absolute atomic E-state index is 0.0835. The van der Waals surface area contributed by atoms with Gasteiger partial charge in [0.15, 0.2) is 0 Å². The number of ether oxygens (including phenoxy) is 1. The van der Waals surface area contributed by atoms with Crippen LogP contribution in [0.4, 0.5) is 0 Å². The van der Waals surface area contributed by atoms with Crippen LogP contribution in [0, 0.1) is 0 Å². The van der Waals surface area contributed by atoms with Crippen LogP contribution in [0.5, 0.6) is 5.75 Å². The van der Waals surface area contributed by atoms with Gasteiger partial charge in [-0.3, -0.25) is 4.79 Å². The molecule has 20 heavy (non-hydrogen) atoms. The monoisotopic (exact) mass is 338 g/mol. The summed E-state index contributed by atoms with van der Waals surface area (Å²) < 4.78 is 7.73. The van der Waals surface area contributed by atoms with Gasteiger partial charge in [0.05, 0.1) is 19.2 Å². The highest BCUT2D eigenvalue weighted by Crippen LogP contribution is 2.27. The molecule has 6 heteroatoms. The lowest BCUT2D eigenvalue weighted by Crippen LogP contribution is -2.03. The predicted molar refractivity (Wildman–Crippen MR) is 78.9 cm³/mol. The Hall–Kier alpha value is -1.82. The summed E-state index contributed by atoms with van der Waals surface area (Å²) in [6.45, 7) is 0. The Kier molecular flexibility index (Phi) is 4.44. The van der Waals surface area contributed by atoms with Gasteiger partial charge >= 0.3 is 5.97 Å². The third-order valence-corrected chi connectivity index (χ3v) is 3.72. The molecule has 0 aliphatic rings. The SMILES string of the molecule is COc1ccc(-c2nc(Br)c(CCC(=O)O)n2C)cc1. The molecule has 0 spiro atoms. The van der Waals surface area contributed by atoms with Crippen LogP contribution in [0.1, 0.15) is 12.1 Å². The molecule has 0 aliphatic heterocycles. The number of imidazole rings is 1. The summed E-state index contributed by atoms with van der Waals surface area (Å²) in [5.41, 5.74) is 1.83. The quantitative estimate of drug-likeness (QED) is 0.910. The minimum atomic E-state index is -0.816. The van der Waals surface area contributed by atoms with E-state index in [4.69, 9.17) is 9.84 Å². The third kappa shape index (κ3) is 3.01. The second kappa shape index (κ2) is 6.09. The number of benzene rings is 1. The van der Waals surface area contributed by atoms with Gasteiger partial charge in [0.1, 0.15) is 16.2 Å². The number of carboxylic acids is 1. The van der Waals surface area contributed by atoms with Gasteiger partial charge in [-0.05, 0) is 40.2 Å². The van der Waals surface area contributed by atoms with Gasteiger partial charge < -0.3 is 14.4 Å². The Balaban J connectivity index is 2.32. The van der Waals surface area contributed by atoms with E-state index in [0.29, 0.717) is 11.0 Å². The van der Waals surface area contributed by atoms with Crippen molar-refractivity contribution in [3.05, 3.63) is 34.6 Å². The van der Waals surface area contributed by atoms with Gasteiger partial charge in [0.25, 0.3) is 0 Å². The Morgan fingerprint density at radius 3 is 2.60 bits per heavy atom. The fourth-order valence-electron chi connectivity index (χ4n) is 1.99. The van der Waals surface area contributed by atoms with Crippen LogP contribution in [-0.2, 0) is 18.3 Å². The number of aromatic nitrogens is 2. The molecule has 0 fully saturated rings. The van der Waals surface area contributed by atoms with Crippen LogP contribution in [0.25, 0.3) is 11.4 Å². The summed E-state index contributed by atoms with van der Waals surface area (Å²) in [4.78, 5) is 15.1. The first-order chi connectivity index (χ1) is 9.52. The molecule has 0 saturated heterocycles. The van der Waals surface area contributed by atoms with E-state index in [-0.39, 0.29) is 6.42 Å². The molecule has 5 nitrogen and oxygen atoms in total. The lowest BCUT2D eigenvalue weighted by Gasteiger charge is -2.06. The third-order valence-electron chi connectivity index (χ3n) is 3.09. The summed E-state index contributed by atoms with van der Waals surface area (Å²) in [6, 6.07) is 7.59. The standard InChI is InChI=1S/C14H15BrN2O3/c1-17-11(7-8-12(18)19)13(15)16-14(17)9-3-5-10(20-2)6-4-9/h3-6H,7-8H2,1-2H3,(H,18,19). The fraction of sp³-hybridized carbons (Fsp3) is 0.286. The number of aliphatic carboxylic acids is 1. The van der Waals surface area contributed by atoms with Gasteiger partial charge in [-0.2, -0.15) is 0 Å². The van der Waals surface area contributed by atoms with Crippen molar-refractivity contribution in [2.45, 2.75) is 12.8 Å². The van der Waals surface area contributed by atoms with Crippen molar-refractivity contribution >= 4 is 21.9 Å². The number of hydrogen-bond acceptors (Lipinski definition) is 3. The minimum Gasteiger partial charge on any atom is -0.497 e. The van der Waals surface area contributed by atoms with Crippen molar-refractivity contribution in [2.24, 2.45) is 7.05 Å². The van der Waals surface area contributed by atoms with E-state index in [1.54, 1.807) is 7.11 Å². The molecule has 0 bridgehead atoms. The maximum atomic E-state index is 10.7. The van der Waals surface area contributed by atoms with E-state index in [2.05, 4.69) is 20.9 Å². The van der Waals surface area contributed by atoms with Crippen molar-refractivity contribution in [3.63, 3.8) is 0 Å². The van der Waals surface area contributed by atoms with Crippen molar-refractivity contribution in [1.82, 2.24) is 9.55 Å². The summed E-state index contributed by atoms with van der Waals surface area (Å²) >= 11 is 3.39. The number of methoxy groups -OCH3 is 1. The fourth-order valence-corrected chi connectivity index (χ4v) is 2.63. The Morgan fingerprint density at radius 1 is 1.40 bits per heavy atom. The zero-order valence-electron chi connectivity index (χ0n) is 11.3. The molecular formula is C14H15BrN2O3. The van der Waals surface area contributed by atoms with Gasteiger partial charge in [0, 0.05) is 19.0 Å². The van der Waals surface area contributed by atoms with Crippen LogP contribution in [0.2, 0.25) is 0 Å². The molecule has 1 aromatic heterocycles. The lowest BCUT2D eigenvalue weighted by molar-refractivity contribution is -0.136. The molecule has 1 aromatic carbocycles. The topological polar surface area (TPSA) is 64.3 Å². The second-order valence-electron chi connectivity index (χ2n) is 4.35. The van der Waals surface area contributed by atoms with E-state index < -0.39 is 5.97 Å². The van der Waals surface area contributed by atoms with Crippen molar-refractivity contribution in [2.75, 3.05) is 7.11 Å². The van der Waals surface area contributed by atoms with Gasteiger partial charge in [-0.25, -0.2) is 4.98 Å². The molecule has 0 unspecified atom stereocenters. The molecule has 0 atom stereocenters. The van der Waals surface area contributed by atoms with Gasteiger partial charge in [-0.1, -0.05) is 0 Å².